The number of carbonyl (C=O) groups excluding carboxylic acids is 2. The minimum absolute atomic E-state index is 0.269. The molecule has 0 fully saturated rings. The van der Waals surface area contributed by atoms with Crippen LogP contribution in [-0.4, -0.2) is 51.1 Å². The largest absolute Gasteiger partial charge is 0.452 e. The molecule has 0 saturated heterocycles. The maximum Gasteiger partial charge on any atom is 0.338 e. The van der Waals surface area contributed by atoms with Crippen molar-refractivity contribution in [3.8, 4) is 0 Å². The van der Waals surface area contributed by atoms with E-state index in [0.29, 0.717) is 37.3 Å². The van der Waals surface area contributed by atoms with Gasteiger partial charge in [0.25, 0.3) is 5.91 Å². The van der Waals surface area contributed by atoms with Crippen LogP contribution in [-0.2, 0) is 32.5 Å². The molecule has 0 atom stereocenters. The van der Waals surface area contributed by atoms with Crippen LogP contribution < -0.4 is 4.31 Å². The molecule has 0 radical (unpaired) electrons. The predicted octanol–water partition coefficient (Wildman–Crippen LogP) is 2.21. The van der Waals surface area contributed by atoms with Crippen LogP contribution in [0, 0.1) is 0 Å². The number of nitrogens with zero attached hydrogens (tertiary/aromatic N) is 2. The van der Waals surface area contributed by atoms with Crippen LogP contribution >= 0.6 is 0 Å². The van der Waals surface area contributed by atoms with Gasteiger partial charge in [-0.05, 0) is 42.7 Å². The predicted molar refractivity (Wildman–Crippen MR) is 110 cm³/mol. The van der Waals surface area contributed by atoms with Crippen LogP contribution in [0.4, 0.5) is 5.69 Å². The Bertz CT molecular complexity index is 1000. The lowest BCUT2D eigenvalue weighted by Gasteiger charge is -2.21. The second-order valence-corrected chi connectivity index (χ2v) is 8.81. The quantitative estimate of drug-likeness (QED) is 0.646. The number of amides is 1. The third-order valence-electron chi connectivity index (χ3n) is 4.85. The highest BCUT2D eigenvalue weighted by atomic mass is 32.2. The first-order chi connectivity index (χ1) is 13.8. The fourth-order valence-electron chi connectivity index (χ4n) is 3.32. The maximum atomic E-state index is 12.4. The number of rotatable bonds is 7. The zero-order chi connectivity index (χ0) is 21.0. The number of likely N-dealkylation sites (N-methyl/N-ethyl adjacent to an activating group) is 1. The van der Waals surface area contributed by atoms with Gasteiger partial charge in [0.15, 0.2) is 6.61 Å². The van der Waals surface area contributed by atoms with Crippen LogP contribution in [0.3, 0.4) is 0 Å². The van der Waals surface area contributed by atoms with E-state index in [2.05, 4.69) is 0 Å². The summed E-state index contributed by atoms with van der Waals surface area (Å²) in [5.41, 5.74) is 2.66. The molecule has 0 aromatic heterocycles. The van der Waals surface area contributed by atoms with Crippen molar-refractivity contribution in [3.63, 3.8) is 0 Å². The van der Waals surface area contributed by atoms with Crippen molar-refractivity contribution in [2.75, 3.05) is 30.3 Å². The maximum absolute atomic E-state index is 12.4. The van der Waals surface area contributed by atoms with Crippen LogP contribution in [0.5, 0.6) is 0 Å². The van der Waals surface area contributed by atoms with Crippen molar-refractivity contribution < 1.29 is 22.7 Å². The fourth-order valence-corrected chi connectivity index (χ4v) is 4.28. The molecule has 8 heteroatoms. The first kappa shape index (κ1) is 20.9. The number of hydrogen-bond donors (Lipinski definition) is 0. The van der Waals surface area contributed by atoms with Gasteiger partial charge in [0, 0.05) is 19.6 Å². The lowest BCUT2D eigenvalue weighted by atomic mass is 10.1. The zero-order valence-corrected chi connectivity index (χ0v) is 17.3. The molecule has 0 N–H and O–H groups in total. The Labute approximate surface area is 170 Å². The number of benzene rings is 2. The molecule has 1 heterocycles. The molecule has 2 aromatic carbocycles. The second kappa shape index (κ2) is 8.65. The third kappa shape index (κ3) is 4.95. The van der Waals surface area contributed by atoms with Crippen molar-refractivity contribution in [1.82, 2.24) is 4.90 Å². The van der Waals surface area contributed by atoms with Crippen molar-refractivity contribution in [2.24, 2.45) is 0 Å². The molecule has 0 unspecified atom stereocenters. The number of anilines is 1. The SMILES string of the molecule is CCN(Cc1ccccc1)C(=O)COC(=O)c1ccc2c(c1)CCN2S(C)(=O)=O. The van der Waals surface area contributed by atoms with Gasteiger partial charge >= 0.3 is 5.97 Å². The molecule has 7 nitrogen and oxygen atoms in total. The van der Waals surface area contributed by atoms with E-state index in [1.54, 1.807) is 17.0 Å². The third-order valence-corrected chi connectivity index (χ3v) is 6.03. The average Bonchev–Trinajstić information content (AvgIpc) is 3.14. The van der Waals surface area contributed by atoms with E-state index in [1.165, 1.54) is 10.4 Å². The molecule has 1 aliphatic rings. The molecular formula is C21H24N2O5S. The van der Waals surface area contributed by atoms with E-state index in [1.807, 2.05) is 37.3 Å². The van der Waals surface area contributed by atoms with Gasteiger partial charge in [-0.2, -0.15) is 0 Å². The van der Waals surface area contributed by atoms with Crippen molar-refractivity contribution in [1.29, 1.82) is 0 Å². The Morgan fingerprint density at radius 2 is 1.86 bits per heavy atom. The molecule has 0 aliphatic carbocycles. The summed E-state index contributed by atoms with van der Waals surface area (Å²) in [7, 11) is -3.34. The summed E-state index contributed by atoms with van der Waals surface area (Å²) in [6.45, 7) is 2.85. The number of hydrogen-bond acceptors (Lipinski definition) is 5. The van der Waals surface area contributed by atoms with E-state index in [-0.39, 0.29) is 12.5 Å². The molecule has 0 spiro atoms. The van der Waals surface area contributed by atoms with Gasteiger partial charge in [-0.25, -0.2) is 13.2 Å². The first-order valence-corrected chi connectivity index (χ1v) is 11.2. The normalized spacial score (nSPS) is 13.1. The van der Waals surface area contributed by atoms with Crippen molar-refractivity contribution >= 4 is 27.6 Å². The van der Waals surface area contributed by atoms with Gasteiger partial charge in [0.05, 0.1) is 17.5 Å². The Morgan fingerprint density at radius 3 is 2.52 bits per heavy atom. The standard InChI is InChI=1S/C21H24N2O5S/c1-3-22(14-16-7-5-4-6-8-16)20(24)15-28-21(25)18-9-10-19-17(13-18)11-12-23(19)29(2,26)27/h4-10,13H,3,11-12,14-15H2,1-2H3. The Balaban J connectivity index is 1.61. The van der Waals surface area contributed by atoms with E-state index in [9.17, 15) is 18.0 Å². The number of fused-ring (bicyclic) bond motifs is 1. The average molecular weight is 416 g/mol. The van der Waals surface area contributed by atoms with Crippen molar-refractivity contribution in [2.45, 2.75) is 19.9 Å². The van der Waals surface area contributed by atoms with Crippen LogP contribution in [0.25, 0.3) is 0 Å². The van der Waals surface area contributed by atoms with Gasteiger partial charge in [-0.15, -0.1) is 0 Å². The minimum Gasteiger partial charge on any atom is -0.452 e. The molecule has 1 amide bonds. The van der Waals surface area contributed by atoms with Crippen LogP contribution in [0.2, 0.25) is 0 Å². The summed E-state index contributed by atoms with van der Waals surface area (Å²) >= 11 is 0. The molecule has 29 heavy (non-hydrogen) atoms. The summed E-state index contributed by atoms with van der Waals surface area (Å²) in [5, 5.41) is 0. The lowest BCUT2D eigenvalue weighted by Crippen LogP contribution is -2.34. The highest BCUT2D eigenvalue weighted by Gasteiger charge is 2.27. The lowest BCUT2D eigenvalue weighted by molar-refractivity contribution is -0.134. The van der Waals surface area contributed by atoms with Crippen molar-refractivity contribution in [3.05, 3.63) is 65.2 Å². The van der Waals surface area contributed by atoms with Gasteiger partial charge in [-0.1, -0.05) is 30.3 Å². The fraction of sp³-hybridized carbons (Fsp3) is 0.333. The number of esters is 1. The number of sulfonamides is 1. The molecular weight excluding hydrogens is 392 g/mol. The summed E-state index contributed by atoms with van der Waals surface area (Å²) in [4.78, 5) is 26.4. The van der Waals surface area contributed by atoms with Gasteiger partial charge in [0.1, 0.15) is 0 Å². The molecule has 154 valence electrons. The van der Waals surface area contributed by atoms with Gasteiger partial charge in [-0.3, -0.25) is 9.10 Å². The summed E-state index contributed by atoms with van der Waals surface area (Å²) in [5.74, 6) is -0.871. The highest BCUT2D eigenvalue weighted by molar-refractivity contribution is 7.92. The first-order valence-electron chi connectivity index (χ1n) is 9.39. The van der Waals surface area contributed by atoms with Crippen LogP contribution in [0.1, 0.15) is 28.4 Å². The summed E-state index contributed by atoms with van der Waals surface area (Å²) in [6.07, 6.45) is 1.69. The molecule has 1 aliphatic heterocycles. The number of ether oxygens (including phenoxy) is 1. The topological polar surface area (TPSA) is 84.0 Å². The Morgan fingerprint density at radius 1 is 1.14 bits per heavy atom. The Hall–Kier alpha value is -2.87. The van der Waals surface area contributed by atoms with E-state index >= 15 is 0 Å². The van der Waals surface area contributed by atoms with E-state index in [4.69, 9.17) is 4.74 Å². The second-order valence-electron chi connectivity index (χ2n) is 6.90. The zero-order valence-electron chi connectivity index (χ0n) is 16.5. The molecule has 2 aromatic rings. The van der Waals surface area contributed by atoms with E-state index in [0.717, 1.165) is 17.4 Å². The highest BCUT2D eigenvalue weighted by Crippen LogP contribution is 2.30. The Kier molecular flexibility index (Phi) is 6.22. The molecule has 0 saturated carbocycles. The van der Waals surface area contributed by atoms with Gasteiger partial charge in [0.2, 0.25) is 10.0 Å². The monoisotopic (exact) mass is 416 g/mol. The molecule has 3 rings (SSSR count). The molecule has 0 bridgehead atoms. The van der Waals surface area contributed by atoms with E-state index < -0.39 is 16.0 Å². The van der Waals surface area contributed by atoms with Crippen LogP contribution in [0.15, 0.2) is 48.5 Å². The smallest absolute Gasteiger partial charge is 0.338 e. The van der Waals surface area contributed by atoms with Gasteiger partial charge < -0.3 is 9.64 Å². The number of carbonyl (C=O) groups is 2. The summed E-state index contributed by atoms with van der Waals surface area (Å²) in [6, 6.07) is 14.4. The summed E-state index contributed by atoms with van der Waals surface area (Å²) < 4.78 is 30.1. The minimum atomic E-state index is -3.34.